The van der Waals surface area contributed by atoms with E-state index in [4.69, 9.17) is 11.6 Å². The Balaban J connectivity index is 2.15. The third kappa shape index (κ3) is 1.22. The van der Waals surface area contributed by atoms with Crippen LogP contribution in [0.4, 0.5) is 0 Å². The number of hydrogen-bond acceptors (Lipinski definition) is 1. The normalized spacial score (nSPS) is 16.4. The smallest absolute Gasteiger partial charge is 0.137 e. The highest BCUT2D eigenvalue weighted by atomic mass is 35.5. The van der Waals surface area contributed by atoms with E-state index in [1.165, 1.54) is 18.4 Å². The zero-order chi connectivity index (χ0) is 9.54. The van der Waals surface area contributed by atoms with E-state index in [0.29, 0.717) is 5.88 Å². The summed E-state index contributed by atoms with van der Waals surface area (Å²) in [6.45, 7) is 0. The van der Waals surface area contributed by atoms with E-state index < -0.39 is 0 Å². The van der Waals surface area contributed by atoms with Crippen LogP contribution in [0.5, 0.6) is 0 Å². The lowest BCUT2D eigenvalue weighted by atomic mass is 10.2. The molecule has 0 aromatic carbocycles. The number of hydrogen-bond donors (Lipinski definition) is 0. The van der Waals surface area contributed by atoms with Crippen LogP contribution in [0, 0.1) is 0 Å². The Kier molecular flexibility index (Phi) is 1.77. The highest BCUT2D eigenvalue weighted by molar-refractivity contribution is 6.16. The minimum Gasteiger partial charge on any atom is -0.303 e. The van der Waals surface area contributed by atoms with Gasteiger partial charge in [0, 0.05) is 6.20 Å². The van der Waals surface area contributed by atoms with Crippen molar-refractivity contribution < 1.29 is 0 Å². The van der Waals surface area contributed by atoms with Crippen LogP contribution in [0.25, 0.3) is 5.65 Å². The monoisotopic (exact) mass is 206 g/mol. The summed E-state index contributed by atoms with van der Waals surface area (Å²) in [6, 6.07) is 4.36. The van der Waals surface area contributed by atoms with Gasteiger partial charge in [-0.05, 0) is 36.5 Å². The van der Waals surface area contributed by atoms with Crippen LogP contribution in [-0.2, 0) is 5.88 Å². The number of alkyl halides is 1. The molecule has 2 nitrogen and oxygen atoms in total. The highest BCUT2D eigenvalue weighted by Gasteiger charge is 2.23. The van der Waals surface area contributed by atoms with Crippen molar-refractivity contribution in [1.29, 1.82) is 0 Å². The average Bonchev–Trinajstić information content (AvgIpc) is 2.98. The molecule has 2 heterocycles. The summed E-state index contributed by atoms with van der Waals surface area (Å²) in [6.07, 6.45) is 6.59. The molecule has 1 saturated carbocycles. The third-order valence-corrected chi connectivity index (χ3v) is 3.07. The van der Waals surface area contributed by atoms with Crippen molar-refractivity contribution in [2.45, 2.75) is 24.6 Å². The van der Waals surface area contributed by atoms with Gasteiger partial charge in [0.05, 0.1) is 17.8 Å². The summed E-state index contributed by atoms with van der Waals surface area (Å²) in [5.74, 6) is 1.31. The fourth-order valence-corrected chi connectivity index (χ4v) is 2.02. The van der Waals surface area contributed by atoms with E-state index >= 15 is 0 Å². The molecule has 0 N–H and O–H groups in total. The molecule has 0 radical (unpaired) electrons. The molecule has 3 rings (SSSR count). The number of nitrogens with zero attached hydrogens (tertiary/aromatic N) is 2. The summed E-state index contributed by atoms with van der Waals surface area (Å²) in [5, 5.41) is 0. The maximum absolute atomic E-state index is 5.80. The molecule has 0 spiro atoms. The second kappa shape index (κ2) is 2.99. The molecular weight excluding hydrogens is 196 g/mol. The van der Waals surface area contributed by atoms with Gasteiger partial charge >= 0.3 is 0 Å². The van der Waals surface area contributed by atoms with Gasteiger partial charge in [-0.3, -0.25) is 0 Å². The summed E-state index contributed by atoms with van der Waals surface area (Å²) in [5.41, 5.74) is 3.50. The zero-order valence-electron chi connectivity index (χ0n) is 7.78. The first kappa shape index (κ1) is 8.30. The lowest BCUT2D eigenvalue weighted by Crippen LogP contribution is -1.90. The van der Waals surface area contributed by atoms with Crippen LogP contribution >= 0.6 is 11.6 Å². The van der Waals surface area contributed by atoms with Crippen molar-refractivity contribution >= 4 is 17.2 Å². The molecule has 0 unspecified atom stereocenters. The van der Waals surface area contributed by atoms with Crippen molar-refractivity contribution in [3.8, 4) is 0 Å². The Labute approximate surface area is 87.5 Å². The van der Waals surface area contributed by atoms with Crippen LogP contribution in [0.3, 0.4) is 0 Å². The van der Waals surface area contributed by atoms with Crippen LogP contribution in [-0.4, -0.2) is 9.38 Å². The van der Waals surface area contributed by atoms with Gasteiger partial charge in [-0.25, -0.2) is 4.98 Å². The molecule has 1 aliphatic rings. The molecule has 0 bridgehead atoms. The van der Waals surface area contributed by atoms with Gasteiger partial charge in [-0.2, -0.15) is 0 Å². The van der Waals surface area contributed by atoms with E-state index in [2.05, 4.69) is 27.7 Å². The summed E-state index contributed by atoms with van der Waals surface area (Å²) in [7, 11) is 0. The van der Waals surface area contributed by atoms with Crippen molar-refractivity contribution in [1.82, 2.24) is 9.38 Å². The molecule has 1 aliphatic carbocycles. The SMILES string of the molecule is ClCc1cnc2cc(C3CC3)ccn12. The average molecular weight is 207 g/mol. The summed E-state index contributed by atoms with van der Waals surface area (Å²) >= 11 is 5.80. The molecule has 1 fully saturated rings. The quantitative estimate of drug-likeness (QED) is 0.691. The maximum atomic E-state index is 5.80. The molecule has 0 aliphatic heterocycles. The van der Waals surface area contributed by atoms with Gasteiger partial charge in [0.1, 0.15) is 5.65 Å². The standard InChI is InChI=1S/C11H11ClN2/c12-6-10-7-13-11-5-9(8-1-2-8)3-4-14(10)11/h3-5,7-8H,1-2,6H2. The Morgan fingerprint density at radius 1 is 1.50 bits per heavy atom. The second-order valence-electron chi connectivity index (χ2n) is 3.85. The Hall–Kier alpha value is -1.02. The Bertz CT molecular complexity index is 471. The Morgan fingerprint density at radius 2 is 2.36 bits per heavy atom. The number of imidazole rings is 1. The first-order chi connectivity index (χ1) is 6.88. The first-order valence-corrected chi connectivity index (χ1v) is 5.44. The maximum Gasteiger partial charge on any atom is 0.137 e. The van der Waals surface area contributed by atoms with Crippen molar-refractivity contribution in [2.75, 3.05) is 0 Å². The lowest BCUT2D eigenvalue weighted by molar-refractivity contribution is 1.05. The fourth-order valence-electron chi connectivity index (χ4n) is 1.82. The van der Waals surface area contributed by atoms with Gasteiger partial charge in [-0.1, -0.05) is 0 Å². The Morgan fingerprint density at radius 3 is 3.07 bits per heavy atom. The number of aromatic nitrogens is 2. The van der Waals surface area contributed by atoms with E-state index in [9.17, 15) is 0 Å². The number of rotatable bonds is 2. The highest BCUT2D eigenvalue weighted by Crippen LogP contribution is 2.40. The van der Waals surface area contributed by atoms with E-state index in [1.54, 1.807) is 0 Å². The van der Waals surface area contributed by atoms with Gasteiger partial charge in [0.15, 0.2) is 0 Å². The van der Waals surface area contributed by atoms with Crippen LogP contribution in [0.1, 0.15) is 30.0 Å². The molecule has 3 heteroatoms. The van der Waals surface area contributed by atoms with E-state index in [0.717, 1.165) is 17.3 Å². The van der Waals surface area contributed by atoms with Gasteiger partial charge < -0.3 is 4.40 Å². The van der Waals surface area contributed by atoms with Crippen molar-refractivity contribution in [3.63, 3.8) is 0 Å². The summed E-state index contributed by atoms with van der Waals surface area (Å²) in [4.78, 5) is 4.34. The number of fused-ring (bicyclic) bond motifs is 1. The molecule has 14 heavy (non-hydrogen) atoms. The zero-order valence-corrected chi connectivity index (χ0v) is 8.54. The number of halogens is 1. The van der Waals surface area contributed by atoms with Gasteiger partial charge in [0.2, 0.25) is 0 Å². The molecule has 72 valence electrons. The van der Waals surface area contributed by atoms with Crippen LogP contribution < -0.4 is 0 Å². The molecule has 0 atom stereocenters. The minimum absolute atomic E-state index is 0.518. The predicted molar refractivity (Wildman–Crippen MR) is 56.7 cm³/mol. The third-order valence-electron chi connectivity index (χ3n) is 2.80. The molecule has 0 saturated heterocycles. The summed E-state index contributed by atoms with van der Waals surface area (Å²) < 4.78 is 2.05. The topological polar surface area (TPSA) is 17.3 Å². The van der Waals surface area contributed by atoms with Crippen LogP contribution in [0.15, 0.2) is 24.5 Å². The lowest BCUT2D eigenvalue weighted by Gasteiger charge is -2.00. The van der Waals surface area contributed by atoms with Crippen LogP contribution in [0.2, 0.25) is 0 Å². The predicted octanol–water partition coefficient (Wildman–Crippen LogP) is 2.95. The van der Waals surface area contributed by atoms with Gasteiger partial charge in [0.25, 0.3) is 0 Å². The second-order valence-corrected chi connectivity index (χ2v) is 4.11. The van der Waals surface area contributed by atoms with Gasteiger partial charge in [-0.15, -0.1) is 11.6 Å². The number of pyridine rings is 1. The van der Waals surface area contributed by atoms with E-state index in [-0.39, 0.29) is 0 Å². The van der Waals surface area contributed by atoms with Crippen molar-refractivity contribution in [2.24, 2.45) is 0 Å². The molecule has 2 aromatic heterocycles. The fraction of sp³-hybridized carbons (Fsp3) is 0.364. The van der Waals surface area contributed by atoms with E-state index in [1.807, 2.05) is 6.20 Å². The molecular formula is C11H11ClN2. The largest absolute Gasteiger partial charge is 0.303 e. The minimum atomic E-state index is 0.518. The first-order valence-electron chi connectivity index (χ1n) is 4.90. The van der Waals surface area contributed by atoms with Crippen molar-refractivity contribution in [3.05, 3.63) is 35.8 Å². The molecule has 2 aromatic rings. The molecule has 0 amide bonds.